The van der Waals surface area contributed by atoms with Crippen LogP contribution in [0.15, 0.2) is 53.4 Å². The fourth-order valence-corrected chi connectivity index (χ4v) is 4.75. The molecular weight excluding hydrogens is 366 g/mol. The standard InChI is InChI=1S/C19H23N3O4S/c1-15(16-7-3-2-4-8-16)14-20-18-10-9-17(13-19(18)22(23)24)27(25,26)21-11-5-6-12-21/h2-4,7-10,13,15,20H,5-6,11-12,14H2,1H3/t15-/m1/s1. The number of anilines is 1. The summed E-state index contributed by atoms with van der Waals surface area (Å²) in [6, 6.07) is 13.9. The van der Waals surface area contributed by atoms with Crippen molar-refractivity contribution in [3.05, 3.63) is 64.2 Å². The first-order chi connectivity index (χ1) is 12.9. The lowest BCUT2D eigenvalue weighted by Gasteiger charge is -2.17. The molecule has 0 radical (unpaired) electrons. The van der Waals surface area contributed by atoms with Crippen LogP contribution in [0.4, 0.5) is 11.4 Å². The Labute approximate surface area is 159 Å². The van der Waals surface area contributed by atoms with E-state index in [1.165, 1.54) is 16.4 Å². The van der Waals surface area contributed by atoms with E-state index in [0.29, 0.717) is 25.3 Å². The monoisotopic (exact) mass is 389 g/mol. The molecule has 1 N–H and O–H groups in total. The highest BCUT2D eigenvalue weighted by molar-refractivity contribution is 7.89. The molecule has 1 saturated heterocycles. The zero-order valence-corrected chi connectivity index (χ0v) is 16.0. The van der Waals surface area contributed by atoms with Gasteiger partial charge in [0.1, 0.15) is 5.69 Å². The number of hydrogen-bond donors (Lipinski definition) is 1. The van der Waals surface area contributed by atoms with E-state index < -0.39 is 14.9 Å². The van der Waals surface area contributed by atoms with Crippen molar-refractivity contribution in [1.82, 2.24) is 4.31 Å². The van der Waals surface area contributed by atoms with Gasteiger partial charge in [-0.2, -0.15) is 4.31 Å². The quantitative estimate of drug-likeness (QED) is 0.577. The molecule has 1 aliphatic heterocycles. The van der Waals surface area contributed by atoms with Crippen LogP contribution in [-0.2, 0) is 10.0 Å². The van der Waals surface area contributed by atoms with Gasteiger partial charge in [-0.1, -0.05) is 37.3 Å². The van der Waals surface area contributed by atoms with Gasteiger partial charge in [-0.3, -0.25) is 10.1 Å². The van der Waals surface area contributed by atoms with E-state index in [2.05, 4.69) is 5.32 Å². The maximum absolute atomic E-state index is 12.7. The minimum atomic E-state index is -3.68. The van der Waals surface area contributed by atoms with Gasteiger partial charge in [0, 0.05) is 25.7 Å². The summed E-state index contributed by atoms with van der Waals surface area (Å²) in [7, 11) is -3.68. The summed E-state index contributed by atoms with van der Waals surface area (Å²) in [5, 5.41) is 14.6. The van der Waals surface area contributed by atoms with Crippen molar-refractivity contribution in [3.63, 3.8) is 0 Å². The molecule has 7 nitrogen and oxygen atoms in total. The fourth-order valence-electron chi connectivity index (χ4n) is 3.21. The number of sulfonamides is 1. The first-order valence-electron chi connectivity index (χ1n) is 8.97. The molecule has 0 bridgehead atoms. The molecule has 8 heteroatoms. The lowest BCUT2D eigenvalue weighted by molar-refractivity contribution is -0.384. The van der Waals surface area contributed by atoms with Gasteiger partial charge in [-0.25, -0.2) is 8.42 Å². The number of nitro groups is 1. The summed E-state index contributed by atoms with van der Waals surface area (Å²) in [5.41, 5.74) is 1.22. The van der Waals surface area contributed by atoms with Gasteiger partial charge in [0.15, 0.2) is 0 Å². The molecular formula is C19H23N3O4S. The van der Waals surface area contributed by atoms with Crippen LogP contribution in [0.5, 0.6) is 0 Å². The average molecular weight is 389 g/mol. The van der Waals surface area contributed by atoms with Crippen molar-refractivity contribution in [3.8, 4) is 0 Å². The van der Waals surface area contributed by atoms with Gasteiger partial charge in [0.25, 0.3) is 5.69 Å². The maximum atomic E-state index is 12.7. The SMILES string of the molecule is C[C@H](CNc1ccc(S(=O)(=O)N2CCCC2)cc1[N+](=O)[O-])c1ccccc1. The van der Waals surface area contributed by atoms with Crippen molar-refractivity contribution in [2.75, 3.05) is 25.0 Å². The number of nitrogens with one attached hydrogen (secondary N) is 1. The van der Waals surface area contributed by atoms with Crippen LogP contribution in [0.2, 0.25) is 0 Å². The largest absolute Gasteiger partial charge is 0.379 e. The van der Waals surface area contributed by atoms with Crippen LogP contribution in [-0.4, -0.2) is 37.3 Å². The molecule has 0 aromatic heterocycles. The molecule has 2 aromatic carbocycles. The van der Waals surface area contributed by atoms with Crippen molar-refractivity contribution in [1.29, 1.82) is 0 Å². The van der Waals surface area contributed by atoms with E-state index in [0.717, 1.165) is 24.5 Å². The average Bonchev–Trinajstić information content (AvgIpc) is 3.22. The van der Waals surface area contributed by atoms with Crippen LogP contribution >= 0.6 is 0 Å². The van der Waals surface area contributed by atoms with E-state index in [1.54, 1.807) is 0 Å². The predicted octanol–water partition coefficient (Wildman–Crippen LogP) is 3.59. The third kappa shape index (κ3) is 4.28. The van der Waals surface area contributed by atoms with Crippen molar-refractivity contribution in [2.45, 2.75) is 30.6 Å². The van der Waals surface area contributed by atoms with E-state index in [1.807, 2.05) is 37.3 Å². The van der Waals surface area contributed by atoms with Gasteiger partial charge in [-0.15, -0.1) is 0 Å². The van der Waals surface area contributed by atoms with E-state index in [9.17, 15) is 18.5 Å². The Morgan fingerprint density at radius 3 is 2.44 bits per heavy atom. The normalized spacial score (nSPS) is 16.2. The second-order valence-electron chi connectivity index (χ2n) is 6.74. The molecule has 0 saturated carbocycles. The molecule has 1 aliphatic rings. The Bertz CT molecular complexity index is 910. The number of hydrogen-bond acceptors (Lipinski definition) is 5. The number of nitro benzene ring substituents is 1. The lowest BCUT2D eigenvalue weighted by Crippen LogP contribution is -2.27. The molecule has 2 aromatic rings. The molecule has 144 valence electrons. The first kappa shape index (κ1) is 19.3. The van der Waals surface area contributed by atoms with Gasteiger partial charge in [0.05, 0.1) is 9.82 Å². The highest BCUT2D eigenvalue weighted by atomic mass is 32.2. The maximum Gasteiger partial charge on any atom is 0.293 e. The molecule has 27 heavy (non-hydrogen) atoms. The zero-order chi connectivity index (χ0) is 19.4. The van der Waals surface area contributed by atoms with Crippen LogP contribution in [0, 0.1) is 10.1 Å². The highest BCUT2D eigenvalue weighted by Gasteiger charge is 2.29. The Hall–Kier alpha value is -2.45. The summed E-state index contributed by atoms with van der Waals surface area (Å²) >= 11 is 0. The molecule has 0 amide bonds. The minimum Gasteiger partial charge on any atom is -0.379 e. The van der Waals surface area contributed by atoms with Crippen LogP contribution in [0.25, 0.3) is 0 Å². The number of nitrogens with zero attached hydrogens (tertiary/aromatic N) is 2. The second kappa shape index (κ2) is 8.06. The minimum absolute atomic E-state index is 0.0299. The van der Waals surface area contributed by atoms with E-state index in [4.69, 9.17) is 0 Å². The van der Waals surface area contributed by atoms with Crippen LogP contribution < -0.4 is 5.32 Å². The molecule has 1 heterocycles. The predicted molar refractivity (Wildman–Crippen MR) is 104 cm³/mol. The van der Waals surface area contributed by atoms with Gasteiger partial charge < -0.3 is 5.32 Å². The summed E-state index contributed by atoms with van der Waals surface area (Å²) in [6.07, 6.45) is 1.64. The highest BCUT2D eigenvalue weighted by Crippen LogP contribution is 2.30. The van der Waals surface area contributed by atoms with Crippen molar-refractivity contribution < 1.29 is 13.3 Å². The third-order valence-corrected chi connectivity index (χ3v) is 6.73. The van der Waals surface area contributed by atoms with Crippen molar-refractivity contribution >= 4 is 21.4 Å². The first-order valence-corrected chi connectivity index (χ1v) is 10.4. The summed E-state index contributed by atoms with van der Waals surface area (Å²) in [4.78, 5) is 10.9. The zero-order valence-electron chi connectivity index (χ0n) is 15.2. The summed E-state index contributed by atoms with van der Waals surface area (Å²) in [6.45, 7) is 3.46. The fraction of sp³-hybridized carbons (Fsp3) is 0.368. The summed E-state index contributed by atoms with van der Waals surface area (Å²) in [5.74, 6) is 0.152. The van der Waals surface area contributed by atoms with E-state index in [-0.39, 0.29) is 16.5 Å². The van der Waals surface area contributed by atoms with E-state index >= 15 is 0 Å². The third-order valence-electron chi connectivity index (χ3n) is 4.84. The summed E-state index contributed by atoms with van der Waals surface area (Å²) < 4.78 is 26.7. The number of benzene rings is 2. The molecule has 0 spiro atoms. The van der Waals surface area contributed by atoms with Crippen LogP contribution in [0.1, 0.15) is 31.2 Å². The Balaban J connectivity index is 1.81. The van der Waals surface area contributed by atoms with Gasteiger partial charge in [-0.05, 0) is 36.5 Å². The molecule has 1 atom stereocenters. The second-order valence-corrected chi connectivity index (χ2v) is 8.68. The lowest BCUT2D eigenvalue weighted by atomic mass is 10.0. The Morgan fingerprint density at radius 2 is 1.81 bits per heavy atom. The molecule has 0 unspecified atom stereocenters. The topological polar surface area (TPSA) is 92.6 Å². The van der Waals surface area contributed by atoms with Crippen LogP contribution in [0.3, 0.4) is 0 Å². The molecule has 3 rings (SSSR count). The van der Waals surface area contributed by atoms with Gasteiger partial charge >= 0.3 is 0 Å². The molecule has 0 aliphatic carbocycles. The molecule has 1 fully saturated rings. The van der Waals surface area contributed by atoms with Gasteiger partial charge in [0.2, 0.25) is 10.0 Å². The Morgan fingerprint density at radius 1 is 1.15 bits per heavy atom. The van der Waals surface area contributed by atoms with Crippen molar-refractivity contribution in [2.24, 2.45) is 0 Å². The number of rotatable bonds is 7. The Kier molecular flexibility index (Phi) is 5.76. The smallest absolute Gasteiger partial charge is 0.293 e.